The molecule has 2 N–H and O–H groups in total. The molecule has 1 aliphatic heterocycles. The van der Waals surface area contributed by atoms with Crippen molar-refractivity contribution in [3.8, 4) is 0 Å². The molecule has 140 valence electrons. The van der Waals surface area contributed by atoms with Crippen LogP contribution in [0.4, 0.5) is 0 Å². The Bertz CT molecular complexity index is 726. The highest BCUT2D eigenvalue weighted by Gasteiger charge is 2.33. The van der Waals surface area contributed by atoms with E-state index in [4.69, 9.17) is 9.72 Å². The minimum atomic E-state index is -0.0714. The third kappa shape index (κ3) is 4.73. The van der Waals surface area contributed by atoms with Gasteiger partial charge in [-0.05, 0) is 38.2 Å². The number of hydrogen-bond acceptors (Lipinski definition) is 3. The second-order valence-corrected chi connectivity index (χ2v) is 7.19. The van der Waals surface area contributed by atoms with Crippen LogP contribution in [0.5, 0.6) is 0 Å². The van der Waals surface area contributed by atoms with E-state index < -0.39 is 0 Å². The highest BCUT2D eigenvalue weighted by atomic mass is 16.5. The molecule has 1 aromatic heterocycles. The van der Waals surface area contributed by atoms with Crippen molar-refractivity contribution in [2.75, 3.05) is 0 Å². The first-order valence-corrected chi connectivity index (χ1v) is 9.57. The van der Waals surface area contributed by atoms with Gasteiger partial charge in [0.15, 0.2) is 0 Å². The molecule has 0 bridgehead atoms. The minimum absolute atomic E-state index is 0.0189. The zero-order valence-corrected chi connectivity index (χ0v) is 15.9. The van der Waals surface area contributed by atoms with Gasteiger partial charge < -0.3 is 15.0 Å². The van der Waals surface area contributed by atoms with Gasteiger partial charge >= 0.3 is 0 Å². The van der Waals surface area contributed by atoms with E-state index in [1.165, 1.54) is 5.56 Å². The van der Waals surface area contributed by atoms with E-state index >= 15 is 0 Å². The summed E-state index contributed by atoms with van der Waals surface area (Å²) < 4.78 is 6.41. The molecule has 1 aromatic carbocycles. The van der Waals surface area contributed by atoms with Crippen LogP contribution in [0.1, 0.15) is 62.0 Å². The molecule has 2 heterocycles. The van der Waals surface area contributed by atoms with Gasteiger partial charge in [0.2, 0.25) is 5.91 Å². The second-order valence-electron chi connectivity index (χ2n) is 7.19. The van der Waals surface area contributed by atoms with Gasteiger partial charge in [-0.3, -0.25) is 4.79 Å². The van der Waals surface area contributed by atoms with Crippen molar-refractivity contribution >= 4 is 5.91 Å². The van der Waals surface area contributed by atoms with Gasteiger partial charge in [0.1, 0.15) is 11.9 Å². The van der Waals surface area contributed by atoms with Crippen LogP contribution in [0.25, 0.3) is 0 Å². The number of aromatic nitrogens is 2. The SMILES string of the molecule is CCc1nc([C@@H]2C[C@H](NC(C)=O)C[C@H](CCc3ccccc3)O2)c(C)[nH]1. The molecule has 3 rings (SSSR count). The number of imidazole rings is 1. The van der Waals surface area contributed by atoms with E-state index in [1.807, 2.05) is 13.0 Å². The molecule has 2 aromatic rings. The maximum absolute atomic E-state index is 11.6. The van der Waals surface area contributed by atoms with Crippen LogP contribution in [-0.4, -0.2) is 28.0 Å². The molecule has 0 aliphatic carbocycles. The number of aryl methyl sites for hydroxylation is 3. The van der Waals surface area contributed by atoms with Crippen molar-refractivity contribution in [1.82, 2.24) is 15.3 Å². The van der Waals surface area contributed by atoms with Gasteiger partial charge in [0.25, 0.3) is 0 Å². The number of H-pyrrole nitrogens is 1. The Morgan fingerprint density at radius 2 is 2.08 bits per heavy atom. The summed E-state index contributed by atoms with van der Waals surface area (Å²) >= 11 is 0. The maximum Gasteiger partial charge on any atom is 0.217 e. The fourth-order valence-electron chi connectivity index (χ4n) is 3.77. The molecule has 3 atom stereocenters. The number of nitrogens with zero attached hydrogens (tertiary/aromatic N) is 1. The summed E-state index contributed by atoms with van der Waals surface area (Å²) in [7, 11) is 0. The summed E-state index contributed by atoms with van der Waals surface area (Å²) in [6.07, 6.45) is 4.47. The number of rotatable bonds is 6. The first-order chi connectivity index (χ1) is 12.5. The number of carbonyl (C=O) groups is 1. The Hall–Kier alpha value is -2.14. The van der Waals surface area contributed by atoms with Crippen molar-refractivity contribution in [1.29, 1.82) is 0 Å². The minimum Gasteiger partial charge on any atom is -0.368 e. The highest BCUT2D eigenvalue weighted by molar-refractivity contribution is 5.73. The molecule has 0 saturated carbocycles. The number of carbonyl (C=O) groups excluding carboxylic acids is 1. The van der Waals surface area contributed by atoms with Gasteiger partial charge in [0.05, 0.1) is 11.8 Å². The molecule has 0 unspecified atom stereocenters. The van der Waals surface area contributed by atoms with Crippen LogP contribution in [-0.2, 0) is 22.4 Å². The quantitative estimate of drug-likeness (QED) is 0.831. The first kappa shape index (κ1) is 18.6. The lowest BCUT2D eigenvalue weighted by Gasteiger charge is -2.35. The monoisotopic (exact) mass is 355 g/mol. The summed E-state index contributed by atoms with van der Waals surface area (Å²) in [5, 5.41) is 3.09. The van der Waals surface area contributed by atoms with Crippen molar-refractivity contribution in [3.63, 3.8) is 0 Å². The molecule has 1 amide bonds. The summed E-state index contributed by atoms with van der Waals surface area (Å²) in [6, 6.07) is 10.6. The Kier molecular flexibility index (Phi) is 6.09. The van der Waals surface area contributed by atoms with E-state index in [2.05, 4.69) is 41.5 Å². The summed E-state index contributed by atoms with van der Waals surface area (Å²) in [6.45, 7) is 5.72. The van der Waals surface area contributed by atoms with E-state index in [0.29, 0.717) is 0 Å². The average molecular weight is 355 g/mol. The summed E-state index contributed by atoms with van der Waals surface area (Å²) in [5.74, 6) is 1.01. The molecule has 26 heavy (non-hydrogen) atoms. The highest BCUT2D eigenvalue weighted by Crippen LogP contribution is 2.34. The lowest BCUT2D eigenvalue weighted by atomic mass is 9.93. The van der Waals surface area contributed by atoms with E-state index in [9.17, 15) is 4.79 Å². The van der Waals surface area contributed by atoms with E-state index in [-0.39, 0.29) is 24.2 Å². The largest absolute Gasteiger partial charge is 0.368 e. The van der Waals surface area contributed by atoms with E-state index in [1.54, 1.807) is 6.92 Å². The predicted molar refractivity (Wildman–Crippen MR) is 102 cm³/mol. The molecular weight excluding hydrogens is 326 g/mol. The standard InChI is InChI=1S/C21H29N3O2/c1-4-20-22-14(2)21(24-20)19-13-17(23-15(3)25)12-18(26-19)11-10-16-8-6-5-7-9-16/h5-9,17-19H,4,10-13H2,1-3H3,(H,22,24)(H,23,25)/t17-,18+,19+/m1/s1. The van der Waals surface area contributed by atoms with Crippen LogP contribution in [0.2, 0.25) is 0 Å². The number of nitrogens with one attached hydrogen (secondary N) is 2. The molecule has 0 spiro atoms. The van der Waals surface area contributed by atoms with Crippen molar-refractivity contribution < 1.29 is 9.53 Å². The van der Waals surface area contributed by atoms with Crippen LogP contribution in [0.3, 0.4) is 0 Å². The molecule has 1 saturated heterocycles. The zero-order chi connectivity index (χ0) is 18.5. The predicted octanol–water partition coefficient (Wildman–Crippen LogP) is 3.64. The molecule has 0 radical (unpaired) electrons. The fraction of sp³-hybridized carbons (Fsp3) is 0.524. The molecule has 5 heteroatoms. The smallest absolute Gasteiger partial charge is 0.217 e. The third-order valence-electron chi connectivity index (χ3n) is 5.02. The molecule has 1 fully saturated rings. The lowest BCUT2D eigenvalue weighted by Crippen LogP contribution is -2.42. The zero-order valence-electron chi connectivity index (χ0n) is 15.9. The number of ether oxygens (including phenoxy) is 1. The second kappa shape index (κ2) is 8.49. The Balaban J connectivity index is 1.72. The number of hydrogen-bond donors (Lipinski definition) is 2. The summed E-state index contributed by atoms with van der Waals surface area (Å²) in [4.78, 5) is 19.7. The van der Waals surface area contributed by atoms with Gasteiger partial charge in [-0.1, -0.05) is 37.3 Å². The van der Waals surface area contributed by atoms with Crippen LogP contribution in [0.15, 0.2) is 30.3 Å². The molecule has 1 aliphatic rings. The van der Waals surface area contributed by atoms with Gasteiger partial charge in [-0.25, -0.2) is 4.98 Å². The Morgan fingerprint density at radius 1 is 1.31 bits per heavy atom. The fourth-order valence-corrected chi connectivity index (χ4v) is 3.77. The number of aromatic amines is 1. The number of amides is 1. The maximum atomic E-state index is 11.6. The van der Waals surface area contributed by atoms with Gasteiger partial charge in [-0.15, -0.1) is 0 Å². The normalized spacial score (nSPS) is 23.0. The topological polar surface area (TPSA) is 67.0 Å². The molecule has 5 nitrogen and oxygen atoms in total. The van der Waals surface area contributed by atoms with Crippen molar-refractivity contribution in [2.24, 2.45) is 0 Å². The average Bonchev–Trinajstić information content (AvgIpc) is 3.01. The lowest BCUT2D eigenvalue weighted by molar-refractivity contribution is -0.122. The van der Waals surface area contributed by atoms with Gasteiger partial charge in [0, 0.05) is 25.1 Å². The Labute approximate surface area is 155 Å². The Morgan fingerprint density at radius 3 is 2.73 bits per heavy atom. The summed E-state index contributed by atoms with van der Waals surface area (Å²) in [5.41, 5.74) is 3.37. The van der Waals surface area contributed by atoms with Crippen molar-refractivity contribution in [2.45, 2.75) is 71.1 Å². The third-order valence-corrected chi connectivity index (χ3v) is 5.02. The molecular formula is C21H29N3O2. The van der Waals surface area contributed by atoms with Gasteiger partial charge in [-0.2, -0.15) is 0 Å². The first-order valence-electron chi connectivity index (χ1n) is 9.57. The van der Waals surface area contributed by atoms with Crippen LogP contribution < -0.4 is 5.32 Å². The van der Waals surface area contributed by atoms with Crippen molar-refractivity contribution in [3.05, 3.63) is 53.1 Å². The number of benzene rings is 1. The van der Waals surface area contributed by atoms with Crippen LogP contribution >= 0.6 is 0 Å². The van der Waals surface area contributed by atoms with E-state index in [0.717, 1.165) is 49.3 Å². The van der Waals surface area contributed by atoms with Crippen LogP contribution in [0, 0.1) is 6.92 Å².